The van der Waals surface area contributed by atoms with Gasteiger partial charge in [0, 0.05) is 24.7 Å². The molecule has 174 valence electrons. The highest BCUT2D eigenvalue weighted by atomic mass is 32.2. The monoisotopic (exact) mass is 473 g/mol. The lowest BCUT2D eigenvalue weighted by molar-refractivity contribution is 0.0705. The van der Waals surface area contributed by atoms with Crippen LogP contribution < -0.4 is 5.48 Å². The maximum atomic E-state index is 14.4. The van der Waals surface area contributed by atoms with Gasteiger partial charge in [-0.25, -0.2) is 14.3 Å². The number of aromatic nitrogens is 3. The minimum absolute atomic E-state index is 0.302. The fourth-order valence-electron chi connectivity index (χ4n) is 3.91. The lowest BCUT2D eigenvalue weighted by atomic mass is 10.1. The smallest absolute Gasteiger partial charge is 0.274 e. The Morgan fingerprint density at radius 2 is 1.70 bits per heavy atom. The van der Waals surface area contributed by atoms with Gasteiger partial charge in [-0.15, -0.1) is 10.2 Å². The first kappa shape index (κ1) is 23.3. The number of hydrogen-bond acceptors (Lipinski definition) is 6. The predicted octanol–water partition coefficient (Wildman–Crippen LogP) is 4.41. The average Bonchev–Trinajstić information content (AvgIpc) is 2.99. The summed E-state index contributed by atoms with van der Waals surface area (Å²) in [5, 5.41) is 17.2. The molecule has 1 amide bonds. The largest absolute Gasteiger partial charge is 0.305 e. The first-order chi connectivity index (χ1) is 16.0. The van der Waals surface area contributed by atoms with E-state index in [9.17, 15) is 13.6 Å². The molecule has 4 rings (SSSR count). The van der Waals surface area contributed by atoms with Gasteiger partial charge in [-0.2, -0.15) is 0 Å². The van der Waals surface area contributed by atoms with Crippen LogP contribution in [0.2, 0.25) is 0 Å². The van der Waals surface area contributed by atoms with Gasteiger partial charge < -0.3 is 4.57 Å². The Morgan fingerprint density at radius 1 is 1.06 bits per heavy atom. The van der Waals surface area contributed by atoms with Crippen LogP contribution in [0.3, 0.4) is 0 Å². The van der Waals surface area contributed by atoms with Crippen molar-refractivity contribution in [2.45, 2.75) is 42.3 Å². The molecule has 0 saturated carbocycles. The van der Waals surface area contributed by atoms with E-state index in [1.165, 1.54) is 36.7 Å². The van der Waals surface area contributed by atoms with E-state index in [1.807, 2.05) is 12.1 Å². The van der Waals surface area contributed by atoms with E-state index < -0.39 is 17.5 Å². The van der Waals surface area contributed by atoms with E-state index in [0.717, 1.165) is 49.1 Å². The number of hydrogen-bond donors (Lipinski definition) is 2. The third kappa shape index (κ3) is 5.40. The van der Waals surface area contributed by atoms with Crippen LogP contribution in [-0.2, 0) is 13.6 Å². The molecule has 2 aromatic carbocycles. The van der Waals surface area contributed by atoms with Gasteiger partial charge in [0.2, 0.25) is 0 Å². The zero-order chi connectivity index (χ0) is 23.4. The number of rotatable bonds is 6. The number of carbonyl (C=O) groups excluding carboxylic acids is 1. The first-order valence-electron chi connectivity index (χ1n) is 10.8. The van der Waals surface area contributed by atoms with Gasteiger partial charge in [0.05, 0.1) is 4.90 Å². The quantitative estimate of drug-likeness (QED) is 0.408. The Balaban J connectivity index is 1.49. The highest BCUT2D eigenvalue weighted by Gasteiger charge is 2.20. The molecular weight excluding hydrogens is 448 g/mol. The van der Waals surface area contributed by atoms with Gasteiger partial charge in [-0.3, -0.25) is 14.9 Å². The van der Waals surface area contributed by atoms with Crippen molar-refractivity contribution in [2.75, 3.05) is 13.1 Å². The summed E-state index contributed by atoms with van der Waals surface area (Å²) in [5.41, 5.74) is 3.12. The molecular formula is C23H25F2N5O2S. The van der Waals surface area contributed by atoms with E-state index in [2.05, 4.69) is 27.2 Å². The van der Waals surface area contributed by atoms with Crippen molar-refractivity contribution in [1.29, 1.82) is 0 Å². The molecule has 1 fully saturated rings. The van der Waals surface area contributed by atoms with Gasteiger partial charge in [-0.05, 0) is 55.4 Å². The summed E-state index contributed by atoms with van der Waals surface area (Å²) in [7, 11) is 1.73. The highest BCUT2D eigenvalue weighted by Crippen LogP contribution is 2.33. The number of halogens is 2. The maximum Gasteiger partial charge on any atom is 0.274 e. The van der Waals surface area contributed by atoms with E-state index in [0.29, 0.717) is 11.0 Å². The second-order valence-electron chi connectivity index (χ2n) is 8.06. The molecule has 2 heterocycles. The van der Waals surface area contributed by atoms with Crippen molar-refractivity contribution >= 4 is 17.7 Å². The molecule has 0 atom stereocenters. The molecule has 2 N–H and O–H groups in total. The van der Waals surface area contributed by atoms with E-state index in [4.69, 9.17) is 5.21 Å². The second kappa shape index (κ2) is 10.4. The zero-order valence-corrected chi connectivity index (χ0v) is 19.0. The number of nitrogens with zero attached hydrogens (tertiary/aromatic N) is 4. The molecule has 0 bridgehead atoms. The number of hydroxylamine groups is 1. The Morgan fingerprint density at radius 3 is 2.30 bits per heavy atom. The summed E-state index contributed by atoms with van der Waals surface area (Å²) in [6.45, 7) is 3.18. The topological polar surface area (TPSA) is 83.3 Å². The van der Waals surface area contributed by atoms with Crippen LogP contribution in [0.4, 0.5) is 8.78 Å². The molecule has 1 saturated heterocycles. The Hall–Kier alpha value is -2.82. The van der Waals surface area contributed by atoms with Crippen LogP contribution in [0.25, 0.3) is 11.4 Å². The van der Waals surface area contributed by atoms with Gasteiger partial charge in [0.1, 0.15) is 11.6 Å². The predicted molar refractivity (Wildman–Crippen MR) is 120 cm³/mol. The van der Waals surface area contributed by atoms with Gasteiger partial charge in [0.25, 0.3) is 5.91 Å². The third-order valence-electron chi connectivity index (χ3n) is 5.71. The second-order valence-corrected chi connectivity index (χ2v) is 9.04. The summed E-state index contributed by atoms with van der Waals surface area (Å²) in [5.74, 6) is -2.28. The van der Waals surface area contributed by atoms with Crippen LogP contribution in [0.1, 0.15) is 41.6 Å². The number of benzene rings is 2. The van der Waals surface area contributed by atoms with Crippen molar-refractivity contribution in [1.82, 2.24) is 25.1 Å². The molecule has 3 aromatic rings. The molecule has 33 heavy (non-hydrogen) atoms. The lowest BCUT2D eigenvalue weighted by Crippen LogP contribution is -2.23. The summed E-state index contributed by atoms with van der Waals surface area (Å²) in [6, 6.07) is 9.83. The highest BCUT2D eigenvalue weighted by molar-refractivity contribution is 7.99. The average molecular weight is 474 g/mol. The van der Waals surface area contributed by atoms with Gasteiger partial charge >= 0.3 is 0 Å². The summed E-state index contributed by atoms with van der Waals surface area (Å²) in [4.78, 5) is 13.6. The van der Waals surface area contributed by atoms with E-state index >= 15 is 0 Å². The fourth-order valence-corrected chi connectivity index (χ4v) is 4.71. The standard InChI is InChI=1S/C23H25F2N5O2S/c1-29-21(16-8-6-15(7-9-16)14-30-10-4-2-3-5-11-30)26-27-23(29)33-20-18(24)12-17(13-19(20)25)22(31)28-32/h6-9,12-13,32H,2-5,10-11,14H2,1H3,(H,28,31). The van der Waals surface area contributed by atoms with E-state index in [-0.39, 0.29) is 10.5 Å². The van der Waals surface area contributed by atoms with E-state index in [1.54, 1.807) is 11.6 Å². The Labute approximate surface area is 194 Å². The Bertz CT molecular complexity index is 1110. The normalized spacial score (nSPS) is 14.8. The van der Waals surface area contributed by atoms with Gasteiger partial charge in [0.15, 0.2) is 11.0 Å². The third-order valence-corrected chi connectivity index (χ3v) is 6.84. The molecule has 0 spiro atoms. The SMILES string of the molecule is Cn1c(Sc2c(F)cc(C(=O)NO)cc2F)nnc1-c1ccc(CN2CCCCCC2)cc1. The van der Waals surface area contributed by atoms with Crippen molar-refractivity contribution in [3.8, 4) is 11.4 Å². The molecule has 7 nitrogen and oxygen atoms in total. The van der Waals surface area contributed by atoms with Crippen LogP contribution in [-0.4, -0.2) is 43.9 Å². The van der Waals surface area contributed by atoms with Crippen LogP contribution in [0.15, 0.2) is 46.5 Å². The molecule has 1 aliphatic heterocycles. The number of amides is 1. The van der Waals surface area contributed by atoms with Crippen molar-refractivity contribution < 1.29 is 18.8 Å². The number of likely N-dealkylation sites (tertiary alicyclic amines) is 1. The van der Waals surface area contributed by atoms with Crippen LogP contribution in [0, 0.1) is 11.6 Å². The van der Waals surface area contributed by atoms with Crippen molar-refractivity contribution in [2.24, 2.45) is 7.05 Å². The fraction of sp³-hybridized carbons (Fsp3) is 0.348. The lowest BCUT2D eigenvalue weighted by Gasteiger charge is -2.19. The molecule has 0 radical (unpaired) electrons. The van der Waals surface area contributed by atoms with Crippen molar-refractivity contribution in [3.63, 3.8) is 0 Å². The maximum absolute atomic E-state index is 14.4. The summed E-state index contributed by atoms with van der Waals surface area (Å²) >= 11 is 0.778. The Kier molecular flexibility index (Phi) is 7.36. The minimum atomic E-state index is -0.996. The van der Waals surface area contributed by atoms with Gasteiger partial charge in [-0.1, -0.05) is 37.1 Å². The van der Waals surface area contributed by atoms with Crippen LogP contribution >= 0.6 is 11.8 Å². The molecule has 1 aromatic heterocycles. The van der Waals surface area contributed by atoms with Crippen molar-refractivity contribution in [3.05, 3.63) is 59.2 Å². The first-order valence-corrected chi connectivity index (χ1v) is 11.6. The molecule has 0 aliphatic carbocycles. The number of carbonyl (C=O) groups is 1. The molecule has 10 heteroatoms. The van der Waals surface area contributed by atoms with Crippen LogP contribution in [0.5, 0.6) is 0 Å². The minimum Gasteiger partial charge on any atom is -0.305 e. The summed E-state index contributed by atoms with van der Waals surface area (Å²) < 4.78 is 30.5. The summed E-state index contributed by atoms with van der Waals surface area (Å²) in [6.07, 6.45) is 5.10. The molecule has 0 unspecified atom stereocenters. The molecule has 1 aliphatic rings. The number of nitrogens with one attached hydrogen (secondary N) is 1. The zero-order valence-electron chi connectivity index (χ0n) is 18.2.